The first-order valence-corrected chi connectivity index (χ1v) is 8.77. The second-order valence-corrected chi connectivity index (χ2v) is 7.55. The van der Waals surface area contributed by atoms with E-state index in [0.717, 1.165) is 18.4 Å². The van der Waals surface area contributed by atoms with Gasteiger partial charge in [-0.05, 0) is 43.7 Å². The third-order valence-corrected chi connectivity index (χ3v) is 6.04. The van der Waals surface area contributed by atoms with Gasteiger partial charge in [-0.15, -0.1) is 0 Å². The maximum atomic E-state index is 12.7. The monoisotopic (exact) mass is 332 g/mol. The summed E-state index contributed by atoms with van der Waals surface area (Å²) in [5.41, 5.74) is 0.778. The SMILES string of the molecule is CNCc1cc(S(=O)(=O)N(C)C2CCOCC2)ccc1Cl. The highest BCUT2D eigenvalue weighted by molar-refractivity contribution is 7.89. The maximum absolute atomic E-state index is 12.7. The van der Waals surface area contributed by atoms with Gasteiger partial charge in [-0.1, -0.05) is 11.6 Å². The number of nitrogens with one attached hydrogen (secondary N) is 1. The second kappa shape index (κ2) is 7.07. The van der Waals surface area contributed by atoms with E-state index in [0.29, 0.717) is 24.8 Å². The van der Waals surface area contributed by atoms with E-state index < -0.39 is 10.0 Å². The van der Waals surface area contributed by atoms with Crippen molar-refractivity contribution in [2.75, 3.05) is 27.3 Å². The molecule has 0 radical (unpaired) electrons. The molecule has 2 rings (SSSR count). The fourth-order valence-electron chi connectivity index (χ4n) is 2.45. The molecule has 7 heteroatoms. The summed E-state index contributed by atoms with van der Waals surface area (Å²) in [5.74, 6) is 0. The van der Waals surface area contributed by atoms with E-state index in [-0.39, 0.29) is 10.9 Å². The van der Waals surface area contributed by atoms with Crippen LogP contribution >= 0.6 is 11.6 Å². The topological polar surface area (TPSA) is 58.6 Å². The van der Waals surface area contributed by atoms with Gasteiger partial charge < -0.3 is 10.1 Å². The Morgan fingerprint density at radius 2 is 2.05 bits per heavy atom. The Labute approximate surface area is 131 Å². The minimum absolute atomic E-state index is 0.00724. The third kappa shape index (κ3) is 3.76. The van der Waals surface area contributed by atoms with Crippen molar-refractivity contribution in [2.24, 2.45) is 0 Å². The molecule has 1 N–H and O–H groups in total. The number of sulfonamides is 1. The first-order chi connectivity index (χ1) is 9.96. The van der Waals surface area contributed by atoms with Crippen LogP contribution < -0.4 is 5.32 Å². The Morgan fingerprint density at radius 3 is 2.67 bits per heavy atom. The van der Waals surface area contributed by atoms with E-state index in [1.807, 2.05) is 0 Å². The Morgan fingerprint density at radius 1 is 1.38 bits per heavy atom. The minimum Gasteiger partial charge on any atom is -0.381 e. The summed E-state index contributed by atoms with van der Waals surface area (Å²) in [4.78, 5) is 0.283. The van der Waals surface area contributed by atoms with Crippen LogP contribution in [0.15, 0.2) is 23.1 Å². The molecule has 0 aromatic heterocycles. The number of hydrogen-bond donors (Lipinski definition) is 1. The second-order valence-electron chi connectivity index (χ2n) is 5.15. The largest absolute Gasteiger partial charge is 0.381 e. The molecule has 5 nitrogen and oxygen atoms in total. The van der Waals surface area contributed by atoms with Crippen LogP contribution in [-0.2, 0) is 21.3 Å². The summed E-state index contributed by atoms with van der Waals surface area (Å²) in [5, 5.41) is 3.55. The van der Waals surface area contributed by atoms with Gasteiger partial charge in [0.25, 0.3) is 0 Å². The van der Waals surface area contributed by atoms with E-state index >= 15 is 0 Å². The molecule has 0 amide bonds. The van der Waals surface area contributed by atoms with Crippen LogP contribution in [0.2, 0.25) is 5.02 Å². The van der Waals surface area contributed by atoms with E-state index in [4.69, 9.17) is 16.3 Å². The zero-order valence-corrected chi connectivity index (χ0v) is 13.9. The number of hydrogen-bond acceptors (Lipinski definition) is 4. The van der Waals surface area contributed by atoms with Crippen LogP contribution in [0, 0.1) is 0 Å². The summed E-state index contributed by atoms with van der Waals surface area (Å²) in [6, 6.07) is 4.84. The number of rotatable bonds is 5. The number of benzene rings is 1. The molecule has 118 valence electrons. The molecule has 1 heterocycles. The van der Waals surface area contributed by atoms with Crippen molar-refractivity contribution in [2.45, 2.75) is 30.3 Å². The molecule has 1 aromatic rings. The standard InChI is InChI=1S/C14H21ClN2O3S/c1-16-10-11-9-13(3-4-14(11)15)21(18,19)17(2)12-5-7-20-8-6-12/h3-4,9,12,16H,5-8,10H2,1-2H3. The Hall–Kier alpha value is -0.660. The molecule has 0 saturated carbocycles. The van der Waals surface area contributed by atoms with Crippen molar-refractivity contribution < 1.29 is 13.2 Å². The van der Waals surface area contributed by atoms with Crippen LogP contribution in [-0.4, -0.2) is 46.1 Å². The van der Waals surface area contributed by atoms with Crippen molar-refractivity contribution in [1.29, 1.82) is 0 Å². The van der Waals surface area contributed by atoms with E-state index in [2.05, 4.69) is 5.32 Å². The molecule has 0 unspecified atom stereocenters. The number of ether oxygens (including phenoxy) is 1. The lowest BCUT2D eigenvalue weighted by molar-refractivity contribution is 0.0632. The molecule has 1 aliphatic heterocycles. The maximum Gasteiger partial charge on any atom is 0.243 e. The fourth-order valence-corrected chi connectivity index (χ4v) is 4.10. The van der Waals surface area contributed by atoms with Crippen LogP contribution in [0.4, 0.5) is 0 Å². The summed E-state index contributed by atoms with van der Waals surface area (Å²) >= 11 is 6.09. The van der Waals surface area contributed by atoms with Gasteiger partial charge in [0.2, 0.25) is 10.0 Å². The lowest BCUT2D eigenvalue weighted by Crippen LogP contribution is -2.40. The van der Waals surface area contributed by atoms with E-state index in [1.54, 1.807) is 32.3 Å². The van der Waals surface area contributed by atoms with Gasteiger partial charge in [0.1, 0.15) is 0 Å². The average molecular weight is 333 g/mol. The fraction of sp³-hybridized carbons (Fsp3) is 0.571. The van der Waals surface area contributed by atoms with Gasteiger partial charge in [0.05, 0.1) is 4.90 Å². The molecule has 1 aliphatic rings. The van der Waals surface area contributed by atoms with Crippen molar-refractivity contribution in [1.82, 2.24) is 9.62 Å². The summed E-state index contributed by atoms with van der Waals surface area (Å²) in [6.07, 6.45) is 1.46. The zero-order valence-electron chi connectivity index (χ0n) is 12.3. The minimum atomic E-state index is -3.50. The van der Waals surface area contributed by atoms with Crippen molar-refractivity contribution in [3.63, 3.8) is 0 Å². The molecule has 21 heavy (non-hydrogen) atoms. The Balaban J connectivity index is 2.27. The normalized spacial score (nSPS) is 17.3. The lowest BCUT2D eigenvalue weighted by Gasteiger charge is -2.30. The van der Waals surface area contributed by atoms with Crippen LogP contribution in [0.1, 0.15) is 18.4 Å². The smallest absolute Gasteiger partial charge is 0.243 e. The number of nitrogens with zero attached hydrogens (tertiary/aromatic N) is 1. The third-order valence-electron chi connectivity index (χ3n) is 3.77. The summed E-state index contributed by atoms with van der Waals surface area (Å²) < 4.78 is 32.2. The lowest BCUT2D eigenvalue weighted by atomic mass is 10.1. The van der Waals surface area contributed by atoms with E-state index in [9.17, 15) is 8.42 Å². The molecule has 1 aromatic carbocycles. The molecular weight excluding hydrogens is 312 g/mol. The number of halogens is 1. The van der Waals surface area contributed by atoms with Gasteiger partial charge >= 0.3 is 0 Å². The molecule has 1 saturated heterocycles. The van der Waals surface area contributed by atoms with Crippen LogP contribution in [0.25, 0.3) is 0 Å². The van der Waals surface area contributed by atoms with Crippen molar-refractivity contribution >= 4 is 21.6 Å². The predicted octanol–water partition coefficient (Wildman–Crippen LogP) is 1.86. The predicted molar refractivity (Wildman–Crippen MR) is 83.0 cm³/mol. The van der Waals surface area contributed by atoms with Crippen LogP contribution in [0.5, 0.6) is 0 Å². The average Bonchev–Trinajstić information content (AvgIpc) is 2.49. The first kappa shape index (κ1) is 16.7. The first-order valence-electron chi connectivity index (χ1n) is 6.95. The van der Waals surface area contributed by atoms with Gasteiger partial charge in [0, 0.05) is 37.9 Å². The summed E-state index contributed by atoms with van der Waals surface area (Å²) in [6.45, 7) is 1.75. The Bertz CT molecular complexity index is 586. The zero-order chi connectivity index (χ0) is 15.5. The molecular formula is C14H21ClN2O3S. The van der Waals surface area contributed by atoms with Crippen molar-refractivity contribution in [3.05, 3.63) is 28.8 Å². The highest BCUT2D eigenvalue weighted by atomic mass is 35.5. The van der Waals surface area contributed by atoms with Gasteiger partial charge in [-0.3, -0.25) is 0 Å². The van der Waals surface area contributed by atoms with Gasteiger partial charge in [-0.25, -0.2) is 8.42 Å². The highest BCUT2D eigenvalue weighted by Gasteiger charge is 2.29. The van der Waals surface area contributed by atoms with Crippen LogP contribution in [0.3, 0.4) is 0 Å². The molecule has 1 fully saturated rings. The van der Waals surface area contributed by atoms with E-state index in [1.165, 1.54) is 4.31 Å². The van der Waals surface area contributed by atoms with Gasteiger partial charge in [0.15, 0.2) is 0 Å². The Kier molecular flexibility index (Phi) is 5.62. The molecule has 0 atom stereocenters. The molecule has 0 bridgehead atoms. The summed E-state index contributed by atoms with van der Waals surface area (Å²) in [7, 11) is -0.0710. The van der Waals surface area contributed by atoms with Crippen molar-refractivity contribution in [3.8, 4) is 0 Å². The molecule has 0 spiro atoms. The molecule has 0 aliphatic carbocycles. The highest BCUT2D eigenvalue weighted by Crippen LogP contribution is 2.25. The quantitative estimate of drug-likeness (QED) is 0.894. The van der Waals surface area contributed by atoms with Gasteiger partial charge in [-0.2, -0.15) is 4.31 Å².